The van der Waals surface area contributed by atoms with Gasteiger partial charge in [-0.05, 0) is 32.7 Å². The summed E-state index contributed by atoms with van der Waals surface area (Å²) in [6, 6.07) is 2.10. The summed E-state index contributed by atoms with van der Waals surface area (Å²) in [5, 5.41) is 12.6. The second-order valence-corrected chi connectivity index (χ2v) is 5.30. The van der Waals surface area contributed by atoms with Gasteiger partial charge in [0.2, 0.25) is 11.8 Å². The minimum absolute atomic E-state index is 0.271. The van der Waals surface area contributed by atoms with E-state index in [1.165, 1.54) is 12.8 Å². The number of rotatable bonds is 8. The lowest BCUT2D eigenvalue weighted by Crippen LogP contribution is -2.42. The van der Waals surface area contributed by atoms with Crippen LogP contribution in [0.25, 0.3) is 0 Å². The van der Waals surface area contributed by atoms with Crippen LogP contribution in [0, 0.1) is 0 Å². The maximum Gasteiger partial charge on any atom is 0.225 e. The number of anilines is 1. The van der Waals surface area contributed by atoms with Crippen molar-refractivity contribution in [3.8, 4) is 5.88 Å². The van der Waals surface area contributed by atoms with Crippen LogP contribution in [0.3, 0.4) is 0 Å². The number of nitrogens with zero attached hydrogens (tertiary/aromatic N) is 3. The second-order valence-electron chi connectivity index (χ2n) is 5.30. The first kappa shape index (κ1) is 16.0. The van der Waals surface area contributed by atoms with E-state index in [4.69, 9.17) is 4.74 Å². The van der Waals surface area contributed by atoms with Crippen molar-refractivity contribution in [2.24, 2.45) is 0 Å². The van der Waals surface area contributed by atoms with E-state index in [1.807, 2.05) is 6.92 Å². The molecule has 0 unspecified atom stereocenters. The van der Waals surface area contributed by atoms with E-state index >= 15 is 0 Å². The summed E-state index contributed by atoms with van der Waals surface area (Å²) in [4.78, 5) is 10.9. The number of aliphatic hydroxyl groups is 1. The van der Waals surface area contributed by atoms with Crippen LogP contribution in [0.15, 0.2) is 12.3 Å². The molecule has 1 atom stereocenters. The van der Waals surface area contributed by atoms with Crippen LogP contribution in [0.1, 0.15) is 32.6 Å². The van der Waals surface area contributed by atoms with E-state index in [0.717, 1.165) is 32.5 Å². The molecule has 0 aromatic carbocycles. The Balaban J connectivity index is 1.70. The summed E-state index contributed by atoms with van der Waals surface area (Å²) in [6.45, 7) is 5.74. The van der Waals surface area contributed by atoms with Gasteiger partial charge in [-0.15, -0.1) is 0 Å². The third-order valence-electron chi connectivity index (χ3n) is 3.79. The van der Waals surface area contributed by atoms with Gasteiger partial charge in [-0.3, -0.25) is 4.90 Å². The number of ether oxygens (including phenoxy) is 1. The van der Waals surface area contributed by atoms with E-state index in [2.05, 4.69) is 20.2 Å². The molecule has 0 bridgehead atoms. The number of aromatic nitrogens is 2. The van der Waals surface area contributed by atoms with Gasteiger partial charge >= 0.3 is 0 Å². The summed E-state index contributed by atoms with van der Waals surface area (Å²) in [6.07, 6.45) is 6.30. The van der Waals surface area contributed by atoms with Gasteiger partial charge in [0.25, 0.3) is 0 Å². The van der Waals surface area contributed by atoms with Gasteiger partial charge in [0, 0.05) is 31.4 Å². The fraction of sp³-hybridized carbons (Fsp3) is 0.733. The molecule has 0 aliphatic carbocycles. The zero-order valence-corrected chi connectivity index (χ0v) is 12.8. The highest BCUT2D eigenvalue weighted by molar-refractivity contribution is 5.27. The molecule has 1 aromatic heterocycles. The van der Waals surface area contributed by atoms with Crippen molar-refractivity contribution in [3.05, 3.63) is 12.3 Å². The van der Waals surface area contributed by atoms with Crippen LogP contribution in [-0.4, -0.2) is 58.9 Å². The third-order valence-corrected chi connectivity index (χ3v) is 3.79. The van der Waals surface area contributed by atoms with Crippen LogP contribution in [0.2, 0.25) is 0 Å². The first-order valence-corrected chi connectivity index (χ1v) is 7.88. The summed E-state index contributed by atoms with van der Waals surface area (Å²) in [5.41, 5.74) is 0. The molecular weight excluding hydrogens is 268 g/mol. The minimum Gasteiger partial charge on any atom is -0.478 e. The number of nitrogens with one attached hydrogen (secondary N) is 1. The lowest BCUT2D eigenvalue weighted by Gasteiger charge is -2.34. The monoisotopic (exact) mass is 294 g/mol. The van der Waals surface area contributed by atoms with Crippen molar-refractivity contribution >= 4 is 5.95 Å². The molecule has 0 spiro atoms. The van der Waals surface area contributed by atoms with Gasteiger partial charge in [0.05, 0.1) is 13.2 Å². The average molecular weight is 294 g/mol. The molecule has 0 amide bonds. The Labute approximate surface area is 126 Å². The molecule has 1 aliphatic rings. The molecule has 1 aromatic rings. The smallest absolute Gasteiger partial charge is 0.225 e. The molecule has 6 heteroatoms. The molecule has 6 nitrogen and oxygen atoms in total. The van der Waals surface area contributed by atoms with Crippen LogP contribution >= 0.6 is 0 Å². The van der Waals surface area contributed by atoms with E-state index < -0.39 is 0 Å². The van der Waals surface area contributed by atoms with Crippen LogP contribution in [0.4, 0.5) is 5.95 Å². The Bertz CT molecular complexity index is 416. The molecule has 2 rings (SSSR count). The van der Waals surface area contributed by atoms with Crippen molar-refractivity contribution in [1.29, 1.82) is 0 Å². The average Bonchev–Trinajstić information content (AvgIpc) is 2.53. The van der Waals surface area contributed by atoms with Gasteiger partial charge in [-0.25, -0.2) is 4.98 Å². The SMILES string of the molecule is CCOc1ccnc(NCCCN2CCCC[C@H]2CO)n1. The van der Waals surface area contributed by atoms with Crippen molar-refractivity contribution in [3.63, 3.8) is 0 Å². The van der Waals surface area contributed by atoms with Crippen molar-refractivity contribution in [1.82, 2.24) is 14.9 Å². The standard InChI is InChI=1S/C15H26N4O2/c1-2-21-14-7-9-17-15(18-14)16-8-5-11-19-10-4-3-6-13(19)12-20/h7,9,13,20H,2-6,8,10-12H2,1H3,(H,16,17,18)/t13-/m0/s1. The zero-order chi connectivity index (χ0) is 14.9. The van der Waals surface area contributed by atoms with E-state index in [1.54, 1.807) is 12.3 Å². The first-order valence-electron chi connectivity index (χ1n) is 7.88. The maximum atomic E-state index is 9.39. The van der Waals surface area contributed by atoms with Gasteiger partial charge in [0.15, 0.2) is 0 Å². The molecule has 1 saturated heterocycles. The molecule has 0 radical (unpaired) electrons. The minimum atomic E-state index is 0.271. The fourth-order valence-electron chi connectivity index (χ4n) is 2.70. The maximum absolute atomic E-state index is 9.39. The van der Waals surface area contributed by atoms with Crippen molar-refractivity contribution in [2.75, 3.05) is 38.2 Å². The Kier molecular flexibility index (Phi) is 6.69. The third kappa shape index (κ3) is 5.13. The summed E-state index contributed by atoms with van der Waals surface area (Å²) in [5.74, 6) is 1.21. The van der Waals surface area contributed by atoms with Gasteiger partial charge in [-0.1, -0.05) is 6.42 Å². The summed E-state index contributed by atoms with van der Waals surface area (Å²) >= 11 is 0. The summed E-state index contributed by atoms with van der Waals surface area (Å²) < 4.78 is 5.35. The highest BCUT2D eigenvalue weighted by atomic mass is 16.5. The molecule has 118 valence electrons. The molecule has 2 N–H and O–H groups in total. The molecule has 1 fully saturated rings. The topological polar surface area (TPSA) is 70.5 Å². The number of hydrogen-bond donors (Lipinski definition) is 2. The van der Waals surface area contributed by atoms with Crippen LogP contribution in [0.5, 0.6) is 5.88 Å². The van der Waals surface area contributed by atoms with Crippen LogP contribution in [-0.2, 0) is 0 Å². The predicted molar refractivity (Wildman–Crippen MR) is 82.6 cm³/mol. The van der Waals surface area contributed by atoms with Gasteiger partial charge in [0.1, 0.15) is 0 Å². The van der Waals surface area contributed by atoms with Crippen LogP contribution < -0.4 is 10.1 Å². The number of likely N-dealkylation sites (tertiary alicyclic amines) is 1. The lowest BCUT2D eigenvalue weighted by atomic mass is 10.0. The summed E-state index contributed by atoms with van der Waals surface area (Å²) in [7, 11) is 0. The number of hydrogen-bond acceptors (Lipinski definition) is 6. The quantitative estimate of drug-likeness (QED) is 0.709. The van der Waals surface area contributed by atoms with E-state index in [0.29, 0.717) is 24.5 Å². The first-order chi connectivity index (χ1) is 10.3. The Morgan fingerprint density at radius 1 is 1.48 bits per heavy atom. The Hall–Kier alpha value is -1.40. The normalized spacial score (nSPS) is 19.4. The number of aliphatic hydroxyl groups excluding tert-OH is 1. The molecule has 21 heavy (non-hydrogen) atoms. The Morgan fingerprint density at radius 2 is 2.38 bits per heavy atom. The van der Waals surface area contributed by atoms with E-state index in [9.17, 15) is 5.11 Å². The second kappa shape index (κ2) is 8.79. The molecule has 1 aliphatic heterocycles. The van der Waals surface area contributed by atoms with Gasteiger partial charge in [-0.2, -0.15) is 4.98 Å². The molecule has 0 saturated carbocycles. The molecule has 2 heterocycles. The highest BCUT2D eigenvalue weighted by Gasteiger charge is 2.20. The van der Waals surface area contributed by atoms with Crippen molar-refractivity contribution < 1.29 is 9.84 Å². The Morgan fingerprint density at radius 3 is 3.19 bits per heavy atom. The van der Waals surface area contributed by atoms with Crippen molar-refractivity contribution in [2.45, 2.75) is 38.6 Å². The highest BCUT2D eigenvalue weighted by Crippen LogP contribution is 2.16. The predicted octanol–water partition coefficient (Wildman–Crippen LogP) is 1.52. The lowest BCUT2D eigenvalue weighted by molar-refractivity contribution is 0.0901. The van der Waals surface area contributed by atoms with E-state index in [-0.39, 0.29) is 6.61 Å². The zero-order valence-electron chi connectivity index (χ0n) is 12.8. The van der Waals surface area contributed by atoms with Gasteiger partial charge < -0.3 is 15.2 Å². The largest absolute Gasteiger partial charge is 0.478 e. The number of piperidine rings is 1. The fourth-order valence-corrected chi connectivity index (χ4v) is 2.70. The molecular formula is C15H26N4O2.